The zero-order valence-electron chi connectivity index (χ0n) is 22.8. The van der Waals surface area contributed by atoms with Gasteiger partial charge in [-0.2, -0.15) is 13.2 Å². The highest BCUT2D eigenvalue weighted by Gasteiger charge is 2.34. The van der Waals surface area contributed by atoms with Crippen LogP contribution in [0.3, 0.4) is 0 Å². The first kappa shape index (κ1) is 31.9. The van der Waals surface area contributed by atoms with E-state index in [9.17, 15) is 18.0 Å². The summed E-state index contributed by atoms with van der Waals surface area (Å²) in [7, 11) is 3.84. The molecule has 5 N–H and O–H groups in total. The molecule has 3 rings (SSSR count). The molecule has 1 saturated heterocycles. The van der Waals surface area contributed by atoms with Gasteiger partial charge in [-0.25, -0.2) is 4.99 Å². The molecule has 2 aromatic carbocycles. The normalized spacial score (nSPS) is 14.5. The lowest BCUT2D eigenvalue weighted by atomic mass is 10.0. The number of halogens is 3. The molecule has 0 radical (unpaired) electrons. The van der Waals surface area contributed by atoms with E-state index >= 15 is 0 Å². The summed E-state index contributed by atoms with van der Waals surface area (Å²) in [5.41, 5.74) is 8.07. The number of nitrogens with two attached hydrogens (primary N) is 1. The number of amidine groups is 1. The summed E-state index contributed by atoms with van der Waals surface area (Å²) in [6.07, 6.45) is -0.247. The number of nitrogens with one attached hydrogen (secondary N) is 3. The second kappa shape index (κ2) is 15.4. The van der Waals surface area contributed by atoms with E-state index in [0.717, 1.165) is 55.4 Å². The van der Waals surface area contributed by atoms with Crippen LogP contribution in [0.5, 0.6) is 0 Å². The van der Waals surface area contributed by atoms with Gasteiger partial charge in [0.1, 0.15) is 24.2 Å². The van der Waals surface area contributed by atoms with Crippen molar-refractivity contribution in [3.8, 4) is 11.8 Å². The SMILES string of the molecule is CN1CCN(Cc2ccc(C=O)cc2C(F)(F)F)CC1.CNc1ccc(C)c(C#CC(=N)/C=C\C(N)=NC=N)c1. The minimum absolute atomic E-state index is 0.0550. The van der Waals surface area contributed by atoms with Gasteiger partial charge in [0.2, 0.25) is 0 Å². The van der Waals surface area contributed by atoms with Gasteiger partial charge in [-0.3, -0.25) is 20.5 Å². The fourth-order valence-corrected chi connectivity index (χ4v) is 3.69. The van der Waals surface area contributed by atoms with E-state index in [1.165, 1.54) is 24.3 Å². The van der Waals surface area contributed by atoms with Gasteiger partial charge in [0.05, 0.1) is 5.56 Å². The van der Waals surface area contributed by atoms with Crippen molar-refractivity contribution in [1.82, 2.24) is 9.80 Å². The van der Waals surface area contributed by atoms with Crippen molar-refractivity contribution in [3.05, 3.63) is 76.4 Å². The van der Waals surface area contributed by atoms with Crippen molar-refractivity contribution in [2.45, 2.75) is 19.6 Å². The van der Waals surface area contributed by atoms with E-state index in [2.05, 4.69) is 27.0 Å². The number of benzene rings is 2. The molecule has 1 fully saturated rings. The summed E-state index contributed by atoms with van der Waals surface area (Å²) in [4.78, 5) is 18.3. The lowest BCUT2D eigenvalue weighted by molar-refractivity contribution is -0.138. The molecule has 0 aliphatic carbocycles. The average Bonchev–Trinajstić information content (AvgIpc) is 2.93. The van der Waals surface area contributed by atoms with E-state index < -0.39 is 11.7 Å². The third kappa shape index (κ3) is 10.5. The molecule has 1 aliphatic heterocycles. The molecule has 0 atom stereocenters. The lowest BCUT2D eigenvalue weighted by Gasteiger charge is -2.32. The van der Waals surface area contributed by atoms with Gasteiger partial charge < -0.3 is 16.0 Å². The predicted molar refractivity (Wildman–Crippen MR) is 154 cm³/mol. The fraction of sp³-hybridized carbons (Fsp3) is 0.310. The number of aliphatic imine (C=N–C) groups is 1. The van der Waals surface area contributed by atoms with Crippen LogP contribution in [0, 0.1) is 29.6 Å². The third-order valence-corrected chi connectivity index (χ3v) is 6.06. The van der Waals surface area contributed by atoms with Gasteiger partial charge in [-0.15, -0.1) is 0 Å². The molecule has 8 nitrogen and oxygen atoms in total. The molecule has 212 valence electrons. The maximum Gasteiger partial charge on any atom is 0.416 e. The van der Waals surface area contributed by atoms with Gasteiger partial charge in [-0.1, -0.05) is 24.1 Å². The Morgan fingerprint density at radius 3 is 2.45 bits per heavy atom. The number of anilines is 1. The van der Waals surface area contributed by atoms with Crippen LogP contribution in [-0.2, 0) is 12.7 Å². The number of rotatable bonds is 7. The number of alkyl halides is 3. The van der Waals surface area contributed by atoms with Crippen molar-refractivity contribution < 1.29 is 18.0 Å². The van der Waals surface area contributed by atoms with Gasteiger partial charge >= 0.3 is 6.18 Å². The summed E-state index contributed by atoms with van der Waals surface area (Å²) in [5.74, 6) is 5.86. The average molecular weight is 554 g/mol. The minimum atomic E-state index is -4.43. The highest BCUT2D eigenvalue weighted by atomic mass is 19.4. The van der Waals surface area contributed by atoms with Gasteiger partial charge in [0.15, 0.2) is 0 Å². The molecule has 0 bridgehead atoms. The maximum absolute atomic E-state index is 13.0. The van der Waals surface area contributed by atoms with Crippen LogP contribution in [0.1, 0.15) is 32.6 Å². The van der Waals surface area contributed by atoms with Gasteiger partial charge in [0, 0.05) is 56.6 Å². The van der Waals surface area contributed by atoms with Crippen molar-refractivity contribution in [3.63, 3.8) is 0 Å². The Morgan fingerprint density at radius 2 is 1.85 bits per heavy atom. The Morgan fingerprint density at radius 1 is 1.15 bits per heavy atom. The first-order valence-electron chi connectivity index (χ1n) is 12.4. The summed E-state index contributed by atoms with van der Waals surface area (Å²) in [6, 6.07) is 9.66. The molecule has 0 saturated carbocycles. The van der Waals surface area contributed by atoms with E-state index in [1.54, 1.807) is 0 Å². The molecular weight excluding hydrogens is 519 g/mol. The number of allylic oxidation sites excluding steroid dienone is 1. The summed E-state index contributed by atoms with van der Waals surface area (Å²) < 4.78 is 39.1. The zero-order chi connectivity index (χ0) is 29.7. The number of aldehydes is 1. The number of hydrogen-bond donors (Lipinski definition) is 4. The van der Waals surface area contributed by atoms with Crippen LogP contribution in [0.25, 0.3) is 0 Å². The van der Waals surface area contributed by atoms with Crippen molar-refractivity contribution in [1.29, 1.82) is 10.8 Å². The number of nitrogens with zero attached hydrogens (tertiary/aromatic N) is 3. The Kier molecular flexibility index (Phi) is 12.3. The smallest absolute Gasteiger partial charge is 0.388 e. The molecule has 0 spiro atoms. The fourth-order valence-electron chi connectivity index (χ4n) is 3.69. The van der Waals surface area contributed by atoms with Crippen molar-refractivity contribution in [2.24, 2.45) is 10.7 Å². The third-order valence-electron chi connectivity index (χ3n) is 6.06. The summed E-state index contributed by atoms with van der Waals surface area (Å²) in [5, 5.41) is 17.5. The molecule has 1 aliphatic rings. The van der Waals surface area contributed by atoms with E-state index in [4.69, 9.17) is 16.6 Å². The highest BCUT2D eigenvalue weighted by molar-refractivity contribution is 6.10. The second-order valence-electron chi connectivity index (χ2n) is 9.07. The lowest BCUT2D eigenvalue weighted by Crippen LogP contribution is -2.44. The molecule has 0 aromatic heterocycles. The van der Waals surface area contributed by atoms with Crippen LogP contribution in [0.2, 0.25) is 0 Å². The minimum Gasteiger partial charge on any atom is -0.388 e. The van der Waals surface area contributed by atoms with Crippen LogP contribution in [-0.4, -0.2) is 74.2 Å². The monoisotopic (exact) mass is 553 g/mol. The standard InChI is InChI=1S/C15H17N5.C14H17F3N2O/c1-11-3-7-14(19-2)9-12(11)4-5-13(17)6-8-15(18)20-10-16;1-18-4-6-19(7-5-18)9-12-3-2-11(10-20)8-13(12)14(15,16)17/h3,6-10,17,19H,1-2H3,(H3,16,18,20);2-3,8,10H,4-7,9H2,1H3/b8-6-,17-13?;. The maximum atomic E-state index is 13.0. The van der Waals surface area contributed by atoms with E-state index in [0.29, 0.717) is 6.29 Å². The van der Waals surface area contributed by atoms with Gasteiger partial charge in [-0.05, 0) is 61.4 Å². The Labute approximate surface area is 232 Å². The van der Waals surface area contributed by atoms with Gasteiger partial charge in [0.25, 0.3) is 0 Å². The Bertz CT molecular complexity index is 1320. The number of hydrogen-bond acceptors (Lipinski definition) is 6. The number of carbonyl (C=O) groups is 1. The largest absolute Gasteiger partial charge is 0.416 e. The summed E-state index contributed by atoms with van der Waals surface area (Å²) >= 11 is 0. The summed E-state index contributed by atoms with van der Waals surface area (Å²) in [6.45, 7) is 5.45. The van der Waals surface area contributed by atoms with E-state index in [-0.39, 0.29) is 29.2 Å². The molecule has 2 aromatic rings. The van der Waals surface area contributed by atoms with Crippen LogP contribution in [0.15, 0.2) is 53.5 Å². The number of aryl methyl sites for hydroxylation is 1. The van der Waals surface area contributed by atoms with Crippen molar-refractivity contribution in [2.75, 3.05) is 45.6 Å². The highest BCUT2D eigenvalue weighted by Crippen LogP contribution is 2.33. The van der Waals surface area contributed by atoms with Crippen LogP contribution in [0.4, 0.5) is 18.9 Å². The molecular formula is C29H34F3N7O. The van der Waals surface area contributed by atoms with Crippen LogP contribution < -0.4 is 11.1 Å². The quantitative estimate of drug-likeness (QED) is 0.177. The number of carbonyl (C=O) groups excluding carboxylic acids is 1. The molecule has 40 heavy (non-hydrogen) atoms. The molecule has 11 heteroatoms. The zero-order valence-corrected chi connectivity index (χ0v) is 22.8. The van der Waals surface area contributed by atoms with Crippen LogP contribution >= 0.6 is 0 Å². The first-order chi connectivity index (χ1) is 19.0. The molecule has 0 amide bonds. The number of likely N-dealkylation sites (N-methyl/N-ethyl adjacent to an activating group) is 1. The second-order valence-corrected chi connectivity index (χ2v) is 9.07. The number of piperazine rings is 1. The molecule has 1 heterocycles. The topological polar surface area (TPSA) is 122 Å². The predicted octanol–water partition coefficient (Wildman–Crippen LogP) is 4.19. The Balaban J connectivity index is 0.000000280. The van der Waals surface area contributed by atoms with Crippen molar-refractivity contribution >= 4 is 29.9 Å². The first-order valence-corrected chi connectivity index (χ1v) is 12.4. The van der Waals surface area contributed by atoms with E-state index in [1.807, 2.05) is 44.1 Å². The Hall–Kier alpha value is -4.27. The molecule has 0 unspecified atom stereocenters.